The zero-order chi connectivity index (χ0) is 17.5. The Balaban J connectivity index is 1.30. The van der Waals surface area contributed by atoms with Gasteiger partial charge in [0.05, 0.1) is 5.56 Å². The molecule has 0 bridgehead atoms. The van der Waals surface area contributed by atoms with Gasteiger partial charge in [-0.25, -0.2) is 0 Å². The van der Waals surface area contributed by atoms with Gasteiger partial charge in [-0.15, -0.1) is 15.3 Å². The number of nitrogens with zero attached hydrogens (tertiary/aromatic N) is 5. The fourth-order valence-corrected chi connectivity index (χ4v) is 3.50. The van der Waals surface area contributed by atoms with Gasteiger partial charge in [-0.05, 0) is 24.6 Å². The smallest absolute Gasteiger partial charge is 0.253 e. The molecule has 5 rings (SSSR count). The third-order valence-corrected chi connectivity index (χ3v) is 4.83. The van der Waals surface area contributed by atoms with E-state index in [-0.39, 0.29) is 11.9 Å². The number of nitrogens with one attached hydrogen (secondary N) is 2. The highest BCUT2D eigenvalue weighted by Crippen LogP contribution is 2.20. The molecule has 0 radical (unpaired) electrons. The molecule has 2 N–H and O–H groups in total. The third kappa shape index (κ3) is 2.46. The van der Waals surface area contributed by atoms with Crippen molar-refractivity contribution in [3.05, 3.63) is 54.5 Å². The van der Waals surface area contributed by atoms with Gasteiger partial charge < -0.3 is 15.2 Å². The van der Waals surface area contributed by atoms with E-state index in [9.17, 15) is 4.79 Å². The van der Waals surface area contributed by atoms with Crippen molar-refractivity contribution in [3.63, 3.8) is 0 Å². The largest absolute Gasteiger partial charge is 0.360 e. The fraction of sp³-hybridized carbons (Fsp3) is 0.222. The van der Waals surface area contributed by atoms with Crippen molar-refractivity contribution in [2.45, 2.75) is 12.5 Å². The van der Waals surface area contributed by atoms with Crippen LogP contribution in [-0.2, 0) is 0 Å². The Labute approximate surface area is 148 Å². The zero-order valence-corrected chi connectivity index (χ0v) is 14.0. The van der Waals surface area contributed by atoms with Gasteiger partial charge in [0, 0.05) is 36.2 Å². The van der Waals surface area contributed by atoms with Crippen molar-refractivity contribution in [2.75, 3.05) is 18.0 Å². The van der Waals surface area contributed by atoms with Crippen LogP contribution in [0.1, 0.15) is 16.8 Å². The number of fused-ring (bicyclic) bond motifs is 2. The van der Waals surface area contributed by atoms with Crippen LogP contribution in [0.3, 0.4) is 0 Å². The molecule has 4 heterocycles. The number of H-pyrrole nitrogens is 1. The number of amides is 1. The SMILES string of the molecule is O=C(N[C@H]1CCN(c2ccc3nncn3n2)C1)c1c[nH]c2ccccc12. The molecule has 8 nitrogen and oxygen atoms in total. The molecule has 0 aliphatic carbocycles. The monoisotopic (exact) mass is 347 g/mol. The maximum Gasteiger partial charge on any atom is 0.253 e. The molecule has 1 aliphatic rings. The molecular weight excluding hydrogens is 330 g/mol. The first-order chi connectivity index (χ1) is 12.8. The normalized spacial score (nSPS) is 17.2. The third-order valence-electron chi connectivity index (χ3n) is 4.83. The van der Waals surface area contributed by atoms with E-state index in [2.05, 4.69) is 30.5 Å². The summed E-state index contributed by atoms with van der Waals surface area (Å²) in [5, 5.41) is 16.4. The van der Waals surface area contributed by atoms with Crippen molar-refractivity contribution in [2.24, 2.45) is 0 Å². The Morgan fingerprint density at radius 1 is 1.23 bits per heavy atom. The number of benzene rings is 1. The molecule has 1 saturated heterocycles. The van der Waals surface area contributed by atoms with E-state index in [1.165, 1.54) is 0 Å². The summed E-state index contributed by atoms with van der Waals surface area (Å²) < 4.78 is 1.66. The summed E-state index contributed by atoms with van der Waals surface area (Å²) in [6, 6.07) is 11.7. The first-order valence-electron chi connectivity index (χ1n) is 8.57. The summed E-state index contributed by atoms with van der Waals surface area (Å²) in [7, 11) is 0. The molecule has 0 unspecified atom stereocenters. The van der Waals surface area contributed by atoms with Gasteiger partial charge in [-0.2, -0.15) is 4.52 Å². The average molecular weight is 347 g/mol. The number of para-hydroxylation sites is 1. The van der Waals surface area contributed by atoms with Crippen LogP contribution in [0.2, 0.25) is 0 Å². The zero-order valence-electron chi connectivity index (χ0n) is 14.0. The van der Waals surface area contributed by atoms with Crippen molar-refractivity contribution in [1.29, 1.82) is 0 Å². The molecular formula is C18H17N7O. The summed E-state index contributed by atoms with van der Waals surface area (Å²) in [5.74, 6) is 0.817. The Hall–Kier alpha value is -3.42. The second-order valence-electron chi connectivity index (χ2n) is 6.48. The number of carbonyl (C=O) groups is 1. The van der Waals surface area contributed by atoms with Gasteiger partial charge in [0.25, 0.3) is 5.91 Å². The number of carbonyl (C=O) groups excluding carboxylic acids is 1. The van der Waals surface area contributed by atoms with Gasteiger partial charge in [-0.1, -0.05) is 18.2 Å². The minimum atomic E-state index is -0.0449. The van der Waals surface area contributed by atoms with Crippen LogP contribution in [0.4, 0.5) is 5.82 Å². The highest BCUT2D eigenvalue weighted by molar-refractivity contribution is 6.06. The highest BCUT2D eigenvalue weighted by atomic mass is 16.1. The number of hydrogen-bond donors (Lipinski definition) is 2. The second-order valence-corrected chi connectivity index (χ2v) is 6.48. The predicted molar refractivity (Wildman–Crippen MR) is 97.2 cm³/mol. The van der Waals surface area contributed by atoms with Gasteiger partial charge in [0.1, 0.15) is 12.1 Å². The van der Waals surface area contributed by atoms with E-state index in [1.807, 2.05) is 36.4 Å². The van der Waals surface area contributed by atoms with Gasteiger partial charge in [0.2, 0.25) is 0 Å². The summed E-state index contributed by atoms with van der Waals surface area (Å²) in [4.78, 5) is 18.0. The molecule has 1 aliphatic heterocycles. The first kappa shape index (κ1) is 14.9. The molecule has 1 atom stereocenters. The van der Waals surface area contributed by atoms with E-state index in [4.69, 9.17) is 0 Å². The molecule has 3 aromatic heterocycles. The van der Waals surface area contributed by atoms with Crippen molar-refractivity contribution in [3.8, 4) is 0 Å². The Morgan fingerprint density at radius 3 is 3.12 bits per heavy atom. The summed E-state index contributed by atoms with van der Waals surface area (Å²) in [6.45, 7) is 1.58. The van der Waals surface area contributed by atoms with Crippen LogP contribution >= 0.6 is 0 Å². The molecule has 4 aromatic rings. The molecule has 0 spiro atoms. The molecule has 1 fully saturated rings. The molecule has 1 amide bonds. The Kier molecular flexibility index (Phi) is 3.34. The lowest BCUT2D eigenvalue weighted by molar-refractivity contribution is 0.0942. The summed E-state index contributed by atoms with van der Waals surface area (Å²) in [6.07, 6.45) is 4.25. The molecule has 0 saturated carbocycles. The summed E-state index contributed by atoms with van der Waals surface area (Å²) in [5.41, 5.74) is 2.37. The maximum absolute atomic E-state index is 12.7. The summed E-state index contributed by atoms with van der Waals surface area (Å²) >= 11 is 0. The minimum Gasteiger partial charge on any atom is -0.360 e. The highest BCUT2D eigenvalue weighted by Gasteiger charge is 2.26. The van der Waals surface area contributed by atoms with E-state index >= 15 is 0 Å². The Morgan fingerprint density at radius 2 is 2.15 bits per heavy atom. The van der Waals surface area contributed by atoms with Crippen LogP contribution in [0, 0.1) is 0 Å². The standard InChI is InChI=1S/C18H17N7O/c26-18(14-9-19-15-4-2-1-3-13(14)15)21-12-7-8-24(10-12)17-6-5-16-22-20-11-25(16)23-17/h1-6,9,11-12,19H,7-8,10H2,(H,21,26)/t12-/m0/s1. The van der Waals surface area contributed by atoms with Crippen molar-refractivity contribution < 1.29 is 4.79 Å². The fourth-order valence-electron chi connectivity index (χ4n) is 3.50. The lowest BCUT2D eigenvalue weighted by Gasteiger charge is -2.17. The predicted octanol–water partition coefficient (Wildman–Crippen LogP) is 1.61. The van der Waals surface area contributed by atoms with E-state index in [0.717, 1.165) is 41.9 Å². The first-order valence-corrected chi connectivity index (χ1v) is 8.57. The van der Waals surface area contributed by atoms with Gasteiger partial charge in [0.15, 0.2) is 5.65 Å². The van der Waals surface area contributed by atoms with E-state index in [0.29, 0.717) is 5.56 Å². The lowest BCUT2D eigenvalue weighted by atomic mass is 10.1. The van der Waals surface area contributed by atoms with Gasteiger partial charge >= 0.3 is 0 Å². The Bertz CT molecular complexity index is 1100. The van der Waals surface area contributed by atoms with Crippen LogP contribution in [0.5, 0.6) is 0 Å². The van der Waals surface area contributed by atoms with Crippen LogP contribution < -0.4 is 10.2 Å². The topological polar surface area (TPSA) is 91.2 Å². The second kappa shape index (κ2) is 5.83. The lowest BCUT2D eigenvalue weighted by Crippen LogP contribution is -2.37. The molecule has 8 heteroatoms. The number of aromatic nitrogens is 5. The van der Waals surface area contributed by atoms with Crippen LogP contribution in [0.15, 0.2) is 48.9 Å². The number of anilines is 1. The van der Waals surface area contributed by atoms with Gasteiger partial charge in [-0.3, -0.25) is 4.79 Å². The van der Waals surface area contributed by atoms with Crippen molar-refractivity contribution in [1.82, 2.24) is 30.1 Å². The van der Waals surface area contributed by atoms with Crippen LogP contribution in [-0.4, -0.2) is 49.8 Å². The van der Waals surface area contributed by atoms with E-state index in [1.54, 1.807) is 17.0 Å². The molecule has 26 heavy (non-hydrogen) atoms. The minimum absolute atomic E-state index is 0.0449. The molecule has 130 valence electrons. The number of hydrogen-bond acceptors (Lipinski definition) is 5. The van der Waals surface area contributed by atoms with Crippen LogP contribution in [0.25, 0.3) is 16.6 Å². The quantitative estimate of drug-likeness (QED) is 0.588. The van der Waals surface area contributed by atoms with E-state index < -0.39 is 0 Å². The number of aromatic amines is 1. The average Bonchev–Trinajstić information content (AvgIpc) is 3.39. The maximum atomic E-state index is 12.7. The molecule has 1 aromatic carbocycles. The van der Waals surface area contributed by atoms with Crippen molar-refractivity contribution >= 4 is 28.3 Å². The number of rotatable bonds is 3.